The smallest absolute Gasteiger partial charge is 0.169 e. The lowest BCUT2D eigenvalue weighted by Crippen LogP contribution is -3.00. The maximum absolute atomic E-state index is 11.0. The van der Waals surface area contributed by atoms with E-state index >= 15 is 0 Å². The third kappa shape index (κ3) is 9.93. The first kappa shape index (κ1) is 32.9. The number of aromatic hydroxyl groups is 1. The van der Waals surface area contributed by atoms with Crippen molar-refractivity contribution in [2.45, 2.75) is 0 Å². The van der Waals surface area contributed by atoms with Gasteiger partial charge in [0.2, 0.25) is 0 Å². The third-order valence-corrected chi connectivity index (χ3v) is 5.58. The molecule has 0 aliphatic carbocycles. The van der Waals surface area contributed by atoms with E-state index in [-0.39, 0.29) is 77.7 Å². The van der Waals surface area contributed by atoms with Crippen LogP contribution in [-0.4, -0.2) is 5.11 Å². The average molecular weight is 830 g/mol. The molecule has 0 saturated heterocycles. The lowest BCUT2D eigenvalue weighted by molar-refractivity contribution is -0.671. The summed E-state index contributed by atoms with van der Waals surface area (Å²) in [6, 6.07) is 16.3. The van der Waals surface area contributed by atoms with Crippen molar-refractivity contribution in [2.75, 3.05) is 0 Å². The average Bonchev–Trinajstić information content (AvgIpc) is 2.84. The van der Waals surface area contributed by atoms with Gasteiger partial charge in [0.05, 0.1) is 0 Å². The Morgan fingerprint density at radius 3 is 1.08 bits per heavy atom. The summed E-state index contributed by atoms with van der Waals surface area (Å²) in [5.74, 6) is 0.263. The first-order valence-electron chi connectivity index (χ1n) is 11.2. The molecule has 0 saturated carbocycles. The van der Waals surface area contributed by atoms with E-state index in [1.165, 1.54) is 0 Å². The van der Waals surface area contributed by atoms with Gasteiger partial charge in [0.15, 0.2) is 37.2 Å². The molecule has 4 rings (SSSR count). The number of benzene rings is 1. The summed E-state index contributed by atoms with van der Waals surface area (Å²) in [7, 11) is 5.99. The van der Waals surface area contributed by atoms with Crippen LogP contribution in [0.4, 0.5) is 0 Å². The molecule has 0 aliphatic rings. The second-order valence-corrected chi connectivity index (χ2v) is 8.44. The zero-order valence-corrected chi connectivity index (χ0v) is 27.6. The normalized spacial score (nSPS) is 10.8. The molecule has 4 aromatic rings. The minimum absolute atomic E-state index is 0. The topological polar surface area (TPSA) is 31.9 Å². The molecular formula is C30H31I3N3O+. The Kier molecular flexibility index (Phi) is 14.2. The number of aromatic nitrogens is 3. The fourth-order valence-electron chi connectivity index (χ4n) is 3.49. The predicted octanol–water partition coefficient (Wildman–Crippen LogP) is -0.997. The van der Waals surface area contributed by atoms with Crippen LogP contribution in [0.15, 0.2) is 85.7 Å². The highest BCUT2D eigenvalue weighted by atomic mass is 127. The Morgan fingerprint density at radius 2 is 0.757 bits per heavy atom. The second kappa shape index (κ2) is 16.0. The van der Waals surface area contributed by atoms with Gasteiger partial charge in [0.25, 0.3) is 0 Å². The van der Waals surface area contributed by atoms with Crippen LogP contribution in [0.1, 0.15) is 33.4 Å². The number of nitrogens with zero attached hydrogens (tertiary/aromatic N) is 3. The maximum atomic E-state index is 11.0. The molecule has 3 heterocycles. The highest BCUT2D eigenvalue weighted by molar-refractivity contribution is 14.0. The minimum Gasteiger partial charge on any atom is -1.00 e. The maximum Gasteiger partial charge on any atom is 0.169 e. The van der Waals surface area contributed by atoms with Crippen molar-refractivity contribution in [1.29, 1.82) is 0 Å². The summed E-state index contributed by atoms with van der Waals surface area (Å²) in [4.78, 5) is 0. The molecule has 37 heavy (non-hydrogen) atoms. The van der Waals surface area contributed by atoms with E-state index in [0.29, 0.717) is 0 Å². The van der Waals surface area contributed by atoms with Gasteiger partial charge in [-0.05, 0) is 34.4 Å². The second-order valence-electron chi connectivity index (χ2n) is 8.44. The van der Waals surface area contributed by atoms with E-state index in [1.54, 1.807) is 0 Å². The van der Waals surface area contributed by atoms with Crippen LogP contribution in [0.5, 0.6) is 5.75 Å². The van der Waals surface area contributed by atoms with Crippen LogP contribution in [0.3, 0.4) is 0 Å². The largest absolute Gasteiger partial charge is 1.00 e. The summed E-state index contributed by atoms with van der Waals surface area (Å²) in [5.41, 5.74) is 5.83. The molecule has 4 nitrogen and oxygen atoms in total. The predicted molar refractivity (Wildman–Crippen MR) is 153 cm³/mol. The molecule has 1 N–H and O–H groups in total. The molecule has 7 heteroatoms. The number of hydrogen-bond acceptors (Lipinski definition) is 1. The van der Waals surface area contributed by atoms with E-state index in [2.05, 4.69) is 24.3 Å². The van der Waals surface area contributed by atoms with Gasteiger partial charge in [-0.15, -0.1) is 24.0 Å². The number of phenolic OH excluding ortho intramolecular Hbond substituents is 1. The van der Waals surface area contributed by atoms with Crippen LogP contribution in [0.2, 0.25) is 0 Å². The highest BCUT2D eigenvalue weighted by Gasteiger charge is 2.06. The number of rotatable bonds is 6. The van der Waals surface area contributed by atoms with Gasteiger partial charge >= 0.3 is 0 Å². The molecule has 0 atom stereocenters. The van der Waals surface area contributed by atoms with Crippen LogP contribution < -0.4 is 61.7 Å². The summed E-state index contributed by atoms with van der Waals surface area (Å²) >= 11 is 0. The molecule has 1 aromatic carbocycles. The van der Waals surface area contributed by atoms with Gasteiger partial charge in [-0.25, -0.2) is 13.7 Å². The van der Waals surface area contributed by atoms with Crippen LogP contribution in [0.25, 0.3) is 36.5 Å². The van der Waals surface area contributed by atoms with Crippen molar-refractivity contribution in [3.05, 3.63) is 119 Å². The zero-order chi connectivity index (χ0) is 23.9. The summed E-state index contributed by atoms with van der Waals surface area (Å²) in [5, 5.41) is 11.0. The number of pyridine rings is 3. The Morgan fingerprint density at radius 1 is 0.486 bits per heavy atom. The van der Waals surface area contributed by atoms with Crippen LogP contribution in [-0.2, 0) is 21.1 Å². The zero-order valence-electron chi connectivity index (χ0n) is 21.0. The van der Waals surface area contributed by atoms with E-state index < -0.39 is 0 Å². The quantitative estimate of drug-likeness (QED) is 0.197. The lowest BCUT2D eigenvalue weighted by Gasteiger charge is -2.07. The van der Waals surface area contributed by atoms with Crippen molar-refractivity contribution in [3.63, 3.8) is 0 Å². The van der Waals surface area contributed by atoms with Gasteiger partial charge in [0, 0.05) is 47.5 Å². The number of halogens is 3. The molecule has 0 amide bonds. The van der Waals surface area contributed by atoms with Crippen LogP contribution >= 0.6 is 24.0 Å². The minimum atomic E-state index is 0. The summed E-state index contributed by atoms with van der Waals surface area (Å²) < 4.78 is 6.00. The molecular weight excluding hydrogens is 799 g/mol. The fraction of sp³-hybridized carbons (Fsp3) is 0.100. The third-order valence-electron chi connectivity index (χ3n) is 5.58. The molecule has 192 valence electrons. The van der Waals surface area contributed by atoms with Gasteiger partial charge < -0.3 is 53.1 Å². The monoisotopic (exact) mass is 830 g/mol. The molecule has 0 aliphatic heterocycles. The van der Waals surface area contributed by atoms with E-state index in [4.69, 9.17) is 0 Å². The Bertz CT molecular complexity index is 1290. The van der Waals surface area contributed by atoms with Gasteiger partial charge in [0.1, 0.15) is 26.9 Å². The van der Waals surface area contributed by atoms with Crippen molar-refractivity contribution in [3.8, 4) is 5.75 Å². The van der Waals surface area contributed by atoms with E-state index in [9.17, 15) is 5.11 Å². The molecule has 0 spiro atoms. The summed E-state index contributed by atoms with van der Waals surface area (Å²) in [6.07, 6.45) is 24.2. The molecule has 0 unspecified atom stereocenters. The van der Waals surface area contributed by atoms with E-state index in [1.807, 2.05) is 133 Å². The molecule has 0 bridgehead atoms. The first-order valence-corrected chi connectivity index (χ1v) is 11.2. The number of aryl methyl sites for hydroxylation is 3. The highest BCUT2D eigenvalue weighted by Crippen LogP contribution is 2.29. The van der Waals surface area contributed by atoms with Crippen molar-refractivity contribution < 1.29 is 66.8 Å². The SMILES string of the molecule is C[n+]1ccc(/C=C/c2cc(/C=C/c3cc[n+](C)cc3)c(O)c(/C=C/c3cc[n+](C)cc3)c2)cc1.I.[I-].[I-]. The molecule has 0 fully saturated rings. The Labute approximate surface area is 270 Å². The molecule has 0 radical (unpaired) electrons. The van der Waals surface area contributed by atoms with Gasteiger partial charge in [-0.3, -0.25) is 0 Å². The van der Waals surface area contributed by atoms with Gasteiger partial charge in [-0.2, -0.15) is 0 Å². The van der Waals surface area contributed by atoms with Crippen molar-refractivity contribution in [2.24, 2.45) is 21.1 Å². The number of hydrogen-bond donors (Lipinski definition) is 1. The van der Waals surface area contributed by atoms with E-state index in [0.717, 1.165) is 33.4 Å². The lowest BCUT2D eigenvalue weighted by atomic mass is 10.0. The Hall–Kier alpha value is -2.12. The Balaban J connectivity index is 0.00000228. The summed E-state index contributed by atoms with van der Waals surface area (Å²) in [6.45, 7) is 0. The standard InChI is InChI=1S/C30H29N3O.3HI/c1-31-16-10-24(11-17-31)4-5-27-22-28(8-6-25-12-18-32(2)19-13-25)30(34)29(23-27)9-7-26-14-20-33(3)21-15-26;;;/h4-23H,1-3H3;3*1H/q+2;;;/p-1. The van der Waals surface area contributed by atoms with Crippen LogP contribution in [0, 0.1) is 0 Å². The number of phenols is 1. The van der Waals surface area contributed by atoms with Gasteiger partial charge in [-0.1, -0.05) is 36.5 Å². The molecule has 3 aromatic heterocycles. The van der Waals surface area contributed by atoms with Crippen molar-refractivity contribution in [1.82, 2.24) is 0 Å². The van der Waals surface area contributed by atoms with Crippen molar-refractivity contribution >= 4 is 60.4 Å². The fourth-order valence-corrected chi connectivity index (χ4v) is 3.49. The first-order chi connectivity index (χ1) is 16.5.